The molecule has 4 aromatic rings. The fourth-order valence-corrected chi connectivity index (χ4v) is 4.21. The zero-order valence-electron chi connectivity index (χ0n) is 18.0. The summed E-state index contributed by atoms with van der Waals surface area (Å²) in [5.74, 6) is 0.333. The number of benzene rings is 2. The van der Waals surface area contributed by atoms with Crippen molar-refractivity contribution in [1.29, 1.82) is 0 Å². The van der Waals surface area contributed by atoms with Crippen LogP contribution in [-0.4, -0.2) is 21.6 Å². The summed E-state index contributed by atoms with van der Waals surface area (Å²) in [6.45, 7) is 0.233. The highest BCUT2D eigenvalue weighted by molar-refractivity contribution is 6.42. The van der Waals surface area contributed by atoms with E-state index in [-0.39, 0.29) is 12.3 Å². The van der Waals surface area contributed by atoms with Crippen molar-refractivity contribution in [3.8, 4) is 5.75 Å². The molecule has 10 nitrogen and oxygen atoms in total. The molecule has 0 spiro atoms. The first-order chi connectivity index (χ1) is 17.0. The predicted molar refractivity (Wildman–Crippen MR) is 136 cm³/mol. The van der Waals surface area contributed by atoms with Crippen LogP contribution in [0, 0.1) is 0 Å². The molecule has 2 heterocycles. The number of phenols is 1. The molecule has 0 aliphatic carbocycles. The molecule has 2 aromatic carbocycles. The maximum atomic E-state index is 11.3. The summed E-state index contributed by atoms with van der Waals surface area (Å²) in [7, 11) is 0. The number of nitrogens with zero attached hydrogens (tertiary/aromatic N) is 8. The van der Waals surface area contributed by atoms with Gasteiger partial charge in [-0.2, -0.15) is 0 Å². The highest BCUT2D eigenvalue weighted by Gasteiger charge is 2.25. The number of aromatic hydroxyl groups is 1. The normalized spacial score (nSPS) is 11.4. The number of hydrogen-bond acceptors (Lipinski definition) is 6. The van der Waals surface area contributed by atoms with Gasteiger partial charge in [0.1, 0.15) is 17.1 Å². The maximum Gasteiger partial charge on any atom is 0.147 e. The Hall–Kier alpha value is -4.20. The Morgan fingerprint density at radius 3 is 2.66 bits per heavy atom. The van der Waals surface area contributed by atoms with Crippen LogP contribution in [0.25, 0.3) is 31.8 Å². The van der Waals surface area contributed by atoms with E-state index in [0.717, 1.165) is 10.9 Å². The second kappa shape index (κ2) is 10.8. The molecule has 174 valence electrons. The van der Waals surface area contributed by atoms with Gasteiger partial charge in [-0.1, -0.05) is 51.6 Å². The van der Waals surface area contributed by atoms with E-state index in [1.54, 1.807) is 42.6 Å². The van der Waals surface area contributed by atoms with Crippen molar-refractivity contribution in [2.24, 2.45) is 10.2 Å². The molecule has 4 rings (SSSR count). The van der Waals surface area contributed by atoms with Crippen molar-refractivity contribution in [2.75, 3.05) is 11.9 Å². The fraction of sp³-hybridized carbons (Fsp3) is 0.130. The van der Waals surface area contributed by atoms with Crippen molar-refractivity contribution >= 4 is 45.6 Å². The number of hydrogen-bond donors (Lipinski definition) is 2. The highest BCUT2D eigenvalue weighted by atomic mass is 35.5. The van der Waals surface area contributed by atoms with E-state index < -0.39 is 6.04 Å². The first-order valence-electron chi connectivity index (χ1n) is 10.4. The van der Waals surface area contributed by atoms with Crippen LogP contribution in [0.4, 0.5) is 11.5 Å². The molecule has 1 unspecified atom stereocenters. The van der Waals surface area contributed by atoms with Crippen LogP contribution < -0.4 is 5.32 Å². The third kappa shape index (κ3) is 5.16. The van der Waals surface area contributed by atoms with Gasteiger partial charge in [-0.15, -0.1) is 0 Å². The molecule has 0 saturated carbocycles. The van der Waals surface area contributed by atoms with Crippen LogP contribution in [0.15, 0.2) is 71.2 Å². The molecule has 0 saturated heterocycles. The molecular formula is C23H17Cl2N9O. The highest BCUT2D eigenvalue weighted by Crippen LogP contribution is 2.41. The summed E-state index contributed by atoms with van der Waals surface area (Å²) >= 11 is 12.9. The first-order valence-corrected chi connectivity index (χ1v) is 11.1. The molecule has 2 aromatic heterocycles. The minimum Gasteiger partial charge on any atom is -0.505 e. The van der Waals surface area contributed by atoms with Gasteiger partial charge < -0.3 is 10.4 Å². The molecule has 1 atom stereocenters. The van der Waals surface area contributed by atoms with Gasteiger partial charge in [0.15, 0.2) is 0 Å². The zero-order chi connectivity index (χ0) is 24.8. The Balaban J connectivity index is 1.93. The van der Waals surface area contributed by atoms with Crippen molar-refractivity contribution < 1.29 is 5.11 Å². The van der Waals surface area contributed by atoms with Gasteiger partial charge >= 0.3 is 0 Å². The van der Waals surface area contributed by atoms with Crippen LogP contribution in [0.2, 0.25) is 10.0 Å². The van der Waals surface area contributed by atoms with E-state index in [9.17, 15) is 5.11 Å². The van der Waals surface area contributed by atoms with Crippen LogP contribution in [-0.2, 0) is 6.42 Å². The quantitative estimate of drug-likeness (QED) is 0.143. The molecule has 0 bridgehead atoms. The largest absolute Gasteiger partial charge is 0.505 e. The van der Waals surface area contributed by atoms with E-state index in [1.165, 1.54) is 6.20 Å². The Bertz CT molecular complexity index is 1500. The lowest BCUT2D eigenvalue weighted by Crippen LogP contribution is -2.15. The lowest BCUT2D eigenvalue weighted by atomic mass is 9.92. The Kier molecular flexibility index (Phi) is 7.40. The number of azide groups is 2. The van der Waals surface area contributed by atoms with Crippen molar-refractivity contribution in [3.63, 3.8) is 0 Å². The van der Waals surface area contributed by atoms with Crippen LogP contribution in [0.3, 0.4) is 0 Å². The average Bonchev–Trinajstić information content (AvgIpc) is 2.87. The number of phenolic OH excluding ortho intramolecular Hbond substituents is 1. The summed E-state index contributed by atoms with van der Waals surface area (Å²) in [6.07, 6.45) is 3.51. The lowest BCUT2D eigenvalue weighted by Gasteiger charge is -2.24. The van der Waals surface area contributed by atoms with Crippen LogP contribution in [0.5, 0.6) is 5.75 Å². The Morgan fingerprint density at radius 2 is 1.86 bits per heavy atom. The standard InChI is InChI=1S/C23H17Cl2N9O/c24-18-5-1-3-16(20(18)25)21(31-19-12-14(32-34-27)7-9-28-19)17-11-13(6-10-30-33-26)15-4-2-8-29-22(15)23(17)35/h1-5,7-9,11-12,21,35H,6,10H2,(H,28,31). The number of halogens is 2. The number of nitrogens with one attached hydrogen (secondary N) is 1. The van der Waals surface area contributed by atoms with Crippen LogP contribution in [0.1, 0.15) is 22.7 Å². The van der Waals surface area contributed by atoms with E-state index in [4.69, 9.17) is 34.3 Å². The summed E-state index contributed by atoms with van der Waals surface area (Å²) in [4.78, 5) is 14.3. The van der Waals surface area contributed by atoms with Gasteiger partial charge in [-0.25, -0.2) is 4.98 Å². The molecule has 0 amide bonds. The van der Waals surface area contributed by atoms with E-state index in [2.05, 4.69) is 35.3 Å². The molecule has 0 fully saturated rings. The number of pyridine rings is 2. The molecule has 0 aliphatic heterocycles. The number of anilines is 1. The van der Waals surface area contributed by atoms with Gasteiger partial charge in [0.2, 0.25) is 0 Å². The molecule has 35 heavy (non-hydrogen) atoms. The predicted octanol–water partition coefficient (Wildman–Crippen LogP) is 7.64. The number of rotatable bonds is 8. The summed E-state index contributed by atoms with van der Waals surface area (Å²) in [6, 6.07) is 13.1. The number of fused-ring (bicyclic) bond motifs is 1. The third-order valence-electron chi connectivity index (χ3n) is 5.32. The third-order valence-corrected chi connectivity index (χ3v) is 6.16. The molecule has 0 radical (unpaired) electrons. The zero-order valence-corrected chi connectivity index (χ0v) is 19.6. The Labute approximate surface area is 209 Å². The molecular weight excluding hydrogens is 489 g/mol. The molecule has 12 heteroatoms. The van der Waals surface area contributed by atoms with Crippen molar-refractivity contribution in [3.05, 3.63) is 109 Å². The van der Waals surface area contributed by atoms with E-state index >= 15 is 0 Å². The van der Waals surface area contributed by atoms with Crippen LogP contribution >= 0.6 is 23.2 Å². The van der Waals surface area contributed by atoms with E-state index in [1.807, 2.05) is 12.1 Å². The monoisotopic (exact) mass is 505 g/mol. The summed E-state index contributed by atoms with van der Waals surface area (Å²) in [5, 5.41) is 23.2. The van der Waals surface area contributed by atoms with Crippen molar-refractivity contribution in [2.45, 2.75) is 12.5 Å². The smallest absolute Gasteiger partial charge is 0.147 e. The van der Waals surface area contributed by atoms with Crippen molar-refractivity contribution in [1.82, 2.24) is 9.97 Å². The first kappa shape index (κ1) is 23.9. The summed E-state index contributed by atoms with van der Waals surface area (Å²) in [5.41, 5.74) is 20.1. The second-order valence-electron chi connectivity index (χ2n) is 7.39. The Morgan fingerprint density at radius 1 is 1.00 bits per heavy atom. The maximum absolute atomic E-state index is 11.3. The summed E-state index contributed by atoms with van der Waals surface area (Å²) < 4.78 is 0. The van der Waals surface area contributed by atoms with Gasteiger partial charge in [0, 0.05) is 45.4 Å². The SMILES string of the molecule is [N-]=[N+]=NCCc1cc(C(Nc2cc(N=[N+]=[N-])ccn2)c2cccc(Cl)c2Cl)c(O)c2ncccc12. The lowest BCUT2D eigenvalue weighted by molar-refractivity contribution is 0.471. The van der Waals surface area contributed by atoms with E-state index in [0.29, 0.717) is 44.6 Å². The number of aromatic nitrogens is 2. The minimum atomic E-state index is -0.709. The van der Waals surface area contributed by atoms with Gasteiger partial charge in [0.25, 0.3) is 0 Å². The van der Waals surface area contributed by atoms with Gasteiger partial charge in [-0.05, 0) is 58.9 Å². The fourth-order valence-electron chi connectivity index (χ4n) is 3.79. The molecule has 0 aliphatic rings. The van der Waals surface area contributed by atoms with Gasteiger partial charge in [0.05, 0.1) is 16.1 Å². The molecule has 2 N–H and O–H groups in total. The topological polar surface area (TPSA) is 156 Å². The minimum absolute atomic E-state index is 0.0483. The second-order valence-corrected chi connectivity index (χ2v) is 8.17. The van der Waals surface area contributed by atoms with Gasteiger partial charge in [-0.3, -0.25) is 4.98 Å². The average molecular weight is 506 g/mol.